The highest BCUT2D eigenvalue weighted by molar-refractivity contribution is 8.76. The first kappa shape index (κ1) is 18.4. The second kappa shape index (κ2) is 13.9. The van der Waals surface area contributed by atoms with Gasteiger partial charge in [0.2, 0.25) is 0 Å². The summed E-state index contributed by atoms with van der Waals surface area (Å²) in [6.07, 6.45) is 3.85. The van der Waals surface area contributed by atoms with E-state index >= 15 is 0 Å². The zero-order valence-corrected chi connectivity index (χ0v) is 13.0. The summed E-state index contributed by atoms with van der Waals surface area (Å²) in [7, 11) is 3.48. The minimum absolute atomic E-state index is 0.152. The molecule has 0 aliphatic heterocycles. The Morgan fingerprint density at radius 1 is 1.28 bits per heavy atom. The number of rotatable bonds is 13. The summed E-state index contributed by atoms with van der Waals surface area (Å²) in [4.78, 5) is 10.3. The van der Waals surface area contributed by atoms with Gasteiger partial charge in [-0.25, -0.2) is 0 Å². The zero-order valence-electron chi connectivity index (χ0n) is 10.5. The highest BCUT2D eigenvalue weighted by atomic mass is 33.1. The van der Waals surface area contributed by atoms with Crippen LogP contribution in [0.2, 0.25) is 0 Å². The molecule has 18 heavy (non-hydrogen) atoms. The second-order valence-electron chi connectivity index (χ2n) is 3.75. The first-order chi connectivity index (χ1) is 8.70. The molecule has 0 bridgehead atoms. The molecule has 0 saturated carbocycles. The third-order valence-corrected chi connectivity index (χ3v) is 5.95. The fourth-order valence-electron chi connectivity index (χ4n) is 1.36. The van der Waals surface area contributed by atoms with Gasteiger partial charge < -0.3 is 20.7 Å². The number of unbranched alkanes of at least 4 members (excludes halogenated alkanes) is 1. The summed E-state index contributed by atoms with van der Waals surface area (Å²) in [6.45, 7) is 0.201. The molecule has 0 aromatic rings. The van der Waals surface area contributed by atoms with E-state index in [1.54, 1.807) is 33.3 Å². The van der Waals surface area contributed by atoms with Crippen LogP contribution >= 0.6 is 33.3 Å². The van der Waals surface area contributed by atoms with Crippen LogP contribution in [0.15, 0.2) is 0 Å². The first-order valence-corrected chi connectivity index (χ1v) is 9.61. The lowest BCUT2D eigenvalue weighted by atomic mass is 10.1. The van der Waals surface area contributed by atoms with Crippen molar-refractivity contribution < 1.29 is 15.0 Å². The van der Waals surface area contributed by atoms with E-state index in [0.717, 1.165) is 30.8 Å². The van der Waals surface area contributed by atoms with Gasteiger partial charge in [0.25, 0.3) is 0 Å². The Hall–Kier alpha value is 0.440. The molecule has 7 heteroatoms. The number of carboxylic acids is 1. The standard InChI is InChI=1S/C11H23NO3S3/c12-9-16-7-5-10(18-17-8-6-13)3-1-2-4-11(14)15/h10,13H,1-9,12H2,(H,14,15)/p-1/t10-/m1/s1. The van der Waals surface area contributed by atoms with Crippen molar-refractivity contribution in [3.63, 3.8) is 0 Å². The molecule has 0 heterocycles. The maximum atomic E-state index is 10.3. The molecule has 0 rings (SSSR count). The molecule has 0 aliphatic carbocycles. The normalized spacial score (nSPS) is 12.6. The minimum Gasteiger partial charge on any atom is -0.550 e. The molecule has 4 nitrogen and oxygen atoms in total. The minimum atomic E-state index is -0.965. The summed E-state index contributed by atoms with van der Waals surface area (Å²) in [6, 6.07) is 0. The van der Waals surface area contributed by atoms with Gasteiger partial charge in [0.15, 0.2) is 0 Å². The summed E-state index contributed by atoms with van der Waals surface area (Å²) < 4.78 is 0. The van der Waals surface area contributed by atoms with Gasteiger partial charge in [0, 0.05) is 22.8 Å². The molecule has 1 atom stereocenters. The molecular weight excluding hydrogens is 290 g/mol. The van der Waals surface area contributed by atoms with Crippen molar-refractivity contribution in [2.75, 3.05) is 24.0 Å². The van der Waals surface area contributed by atoms with E-state index in [1.165, 1.54) is 0 Å². The number of hydrogen-bond acceptors (Lipinski definition) is 7. The van der Waals surface area contributed by atoms with E-state index in [4.69, 9.17) is 10.8 Å². The van der Waals surface area contributed by atoms with Crippen LogP contribution in [0.5, 0.6) is 0 Å². The molecule has 0 aromatic heterocycles. The van der Waals surface area contributed by atoms with Crippen LogP contribution in [0.4, 0.5) is 0 Å². The fourth-order valence-corrected chi connectivity index (χ4v) is 4.64. The van der Waals surface area contributed by atoms with Crippen LogP contribution in [0.25, 0.3) is 0 Å². The van der Waals surface area contributed by atoms with Crippen LogP contribution in [-0.4, -0.2) is 40.3 Å². The number of carboxylic acid groups (broad SMARTS) is 1. The summed E-state index contributed by atoms with van der Waals surface area (Å²) in [5, 5.41) is 19.6. The molecule has 0 fully saturated rings. The highest BCUT2D eigenvalue weighted by Crippen LogP contribution is 2.32. The molecule has 0 saturated heterocycles. The number of nitrogens with two attached hydrogens (primary N) is 1. The number of carbonyl (C=O) groups is 1. The molecule has 0 spiro atoms. The zero-order chi connectivity index (χ0) is 13.6. The number of thioether (sulfide) groups is 1. The van der Waals surface area contributed by atoms with Gasteiger partial charge in [-0.15, -0.1) is 11.8 Å². The first-order valence-electron chi connectivity index (χ1n) is 6.07. The maximum Gasteiger partial charge on any atom is 0.0530 e. The monoisotopic (exact) mass is 312 g/mol. The molecule has 0 aliphatic rings. The average Bonchev–Trinajstić information content (AvgIpc) is 2.34. The van der Waals surface area contributed by atoms with Crippen molar-refractivity contribution in [1.29, 1.82) is 0 Å². The highest BCUT2D eigenvalue weighted by Gasteiger charge is 2.09. The lowest BCUT2D eigenvalue weighted by Gasteiger charge is -2.15. The van der Waals surface area contributed by atoms with Crippen molar-refractivity contribution >= 4 is 39.3 Å². The van der Waals surface area contributed by atoms with E-state index in [-0.39, 0.29) is 13.0 Å². The van der Waals surface area contributed by atoms with Gasteiger partial charge in [-0.1, -0.05) is 28.0 Å². The lowest BCUT2D eigenvalue weighted by molar-refractivity contribution is -0.305. The number of aliphatic hydroxyl groups excluding tert-OH is 1. The SMILES string of the molecule is NCSCC[C@@H](CCCCC(=O)[O-])SSCCO. The van der Waals surface area contributed by atoms with Crippen molar-refractivity contribution in [3.8, 4) is 0 Å². The largest absolute Gasteiger partial charge is 0.550 e. The number of hydrogen-bond donors (Lipinski definition) is 2. The predicted molar refractivity (Wildman–Crippen MR) is 80.5 cm³/mol. The van der Waals surface area contributed by atoms with Crippen molar-refractivity contribution in [3.05, 3.63) is 0 Å². The maximum absolute atomic E-state index is 10.3. The van der Waals surface area contributed by atoms with Crippen LogP contribution in [0, 0.1) is 0 Å². The number of aliphatic hydroxyl groups is 1. The van der Waals surface area contributed by atoms with Crippen molar-refractivity contribution in [1.82, 2.24) is 0 Å². The molecule has 0 radical (unpaired) electrons. The van der Waals surface area contributed by atoms with Gasteiger partial charge >= 0.3 is 0 Å². The van der Waals surface area contributed by atoms with Crippen molar-refractivity contribution in [2.24, 2.45) is 5.73 Å². The van der Waals surface area contributed by atoms with E-state index in [9.17, 15) is 9.90 Å². The van der Waals surface area contributed by atoms with Crippen LogP contribution in [0.3, 0.4) is 0 Å². The predicted octanol–water partition coefficient (Wildman–Crippen LogP) is 1.08. The fraction of sp³-hybridized carbons (Fsp3) is 0.909. The molecule has 0 unspecified atom stereocenters. The third-order valence-electron chi connectivity index (χ3n) is 2.24. The van der Waals surface area contributed by atoms with E-state index < -0.39 is 5.97 Å². The van der Waals surface area contributed by atoms with Crippen molar-refractivity contribution in [2.45, 2.75) is 37.4 Å². The van der Waals surface area contributed by atoms with Gasteiger partial charge in [0.1, 0.15) is 0 Å². The molecule has 3 N–H and O–H groups in total. The average molecular weight is 313 g/mol. The quantitative estimate of drug-likeness (QED) is 0.299. The lowest BCUT2D eigenvalue weighted by Crippen LogP contribution is -2.21. The Bertz CT molecular complexity index is 198. The molecular formula is C11H22NO3S3-. The summed E-state index contributed by atoms with van der Waals surface area (Å²) in [5.74, 6) is 1.46. The summed E-state index contributed by atoms with van der Waals surface area (Å²) in [5.41, 5.74) is 5.44. The Balaban J connectivity index is 3.69. The van der Waals surface area contributed by atoms with E-state index in [2.05, 4.69) is 0 Å². The Morgan fingerprint density at radius 2 is 2.06 bits per heavy atom. The summed E-state index contributed by atoms with van der Waals surface area (Å²) >= 11 is 1.72. The second-order valence-corrected chi connectivity index (χ2v) is 7.68. The molecule has 0 amide bonds. The van der Waals surface area contributed by atoms with E-state index in [1.807, 2.05) is 0 Å². The van der Waals surface area contributed by atoms with Gasteiger partial charge in [-0.3, -0.25) is 0 Å². The van der Waals surface area contributed by atoms with Crippen LogP contribution < -0.4 is 10.8 Å². The van der Waals surface area contributed by atoms with Gasteiger partial charge in [-0.2, -0.15) is 0 Å². The smallest absolute Gasteiger partial charge is 0.0530 e. The van der Waals surface area contributed by atoms with Gasteiger partial charge in [-0.05, 0) is 31.4 Å². The molecule has 108 valence electrons. The number of aliphatic carboxylic acids is 1. The Labute approximate surface area is 121 Å². The number of carbonyl (C=O) groups excluding carboxylic acids is 1. The van der Waals surface area contributed by atoms with E-state index in [0.29, 0.717) is 17.5 Å². The molecule has 0 aromatic carbocycles. The third kappa shape index (κ3) is 12.9. The topological polar surface area (TPSA) is 86.4 Å². The van der Waals surface area contributed by atoms with Gasteiger partial charge in [0.05, 0.1) is 6.61 Å². The Kier molecular flexibility index (Phi) is 14.2. The van der Waals surface area contributed by atoms with Crippen LogP contribution in [-0.2, 0) is 4.79 Å². The Morgan fingerprint density at radius 3 is 2.67 bits per heavy atom. The van der Waals surface area contributed by atoms with Crippen LogP contribution in [0.1, 0.15) is 32.1 Å².